The van der Waals surface area contributed by atoms with Crippen LogP contribution in [0.25, 0.3) is 0 Å². The van der Waals surface area contributed by atoms with Gasteiger partial charge in [0.2, 0.25) is 5.91 Å². The van der Waals surface area contributed by atoms with Crippen molar-refractivity contribution in [3.8, 4) is 5.75 Å². The highest BCUT2D eigenvalue weighted by Gasteiger charge is 2.40. The number of benzene rings is 1. The molecule has 0 spiro atoms. The largest absolute Gasteiger partial charge is 0.496 e. The van der Waals surface area contributed by atoms with Gasteiger partial charge in [-0.2, -0.15) is 0 Å². The molecule has 1 amide bonds. The van der Waals surface area contributed by atoms with Crippen LogP contribution in [-0.2, 0) is 10.3 Å². The van der Waals surface area contributed by atoms with Crippen LogP contribution in [0.15, 0.2) is 18.2 Å². The third-order valence-corrected chi connectivity index (χ3v) is 3.82. The van der Waals surface area contributed by atoms with E-state index in [4.69, 9.17) is 4.74 Å². The van der Waals surface area contributed by atoms with Crippen molar-refractivity contribution in [2.45, 2.75) is 25.8 Å². The monoisotopic (exact) mass is 262 g/mol. The zero-order valence-electron chi connectivity index (χ0n) is 12.1. The first-order valence-corrected chi connectivity index (χ1v) is 6.65. The molecule has 1 fully saturated rings. The molecule has 0 bridgehead atoms. The molecule has 4 heteroatoms. The third kappa shape index (κ3) is 2.45. The Labute approximate surface area is 114 Å². The lowest BCUT2D eigenvalue weighted by Gasteiger charge is -2.32. The van der Waals surface area contributed by atoms with Gasteiger partial charge in [0.15, 0.2) is 0 Å². The van der Waals surface area contributed by atoms with Crippen LogP contribution in [0.4, 0.5) is 0 Å². The summed E-state index contributed by atoms with van der Waals surface area (Å²) in [5.74, 6) is 0.846. The number of aryl methyl sites for hydroxylation is 1. The minimum Gasteiger partial charge on any atom is -0.496 e. The van der Waals surface area contributed by atoms with E-state index >= 15 is 0 Å². The highest BCUT2D eigenvalue weighted by atomic mass is 16.5. The topological polar surface area (TPSA) is 41.6 Å². The number of likely N-dealkylation sites (N-methyl/N-ethyl adjacent to an activating group) is 1. The van der Waals surface area contributed by atoms with Gasteiger partial charge in [-0.1, -0.05) is 11.6 Å². The lowest BCUT2D eigenvalue weighted by atomic mass is 9.88. The van der Waals surface area contributed by atoms with E-state index in [1.54, 1.807) is 12.0 Å². The van der Waals surface area contributed by atoms with Crippen molar-refractivity contribution >= 4 is 5.91 Å². The standard InChI is InChI=1S/C15H22N2O2/c1-11-6-7-13(19-4)12(10-11)15(2)14(18)17(3)9-5-8-16-15/h6-7,10,16H,5,8-9H2,1-4H3. The van der Waals surface area contributed by atoms with E-state index in [1.807, 2.05) is 39.1 Å². The molecule has 0 radical (unpaired) electrons. The van der Waals surface area contributed by atoms with Crippen LogP contribution in [-0.4, -0.2) is 38.1 Å². The summed E-state index contributed by atoms with van der Waals surface area (Å²) in [5.41, 5.74) is 1.31. The fraction of sp³-hybridized carbons (Fsp3) is 0.533. The quantitative estimate of drug-likeness (QED) is 0.881. The maximum absolute atomic E-state index is 12.7. The van der Waals surface area contributed by atoms with Crippen LogP contribution < -0.4 is 10.1 Å². The molecule has 0 aliphatic carbocycles. The summed E-state index contributed by atoms with van der Waals surface area (Å²) >= 11 is 0. The Hall–Kier alpha value is -1.55. The molecular weight excluding hydrogens is 240 g/mol. The Morgan fingerprint density at radius 3 is 2.84 bits per heavy atom. The molecule has 4 nitrogen and oxygen atoms in total. The number of rotatable bonds is 2. The van der Waals surface area contributed by atoms with Crippen LogP contribution >= 0.6 is 0 Å². The van der Waals surface area contributed by atoms with E-state index in [2.05, 4.69) is 5.32 Å². The number of ether oxygens (including phenoxy) is 1. The highest BCUT2D eigenvalue weighted by molar-refractivity contribution is 5.88. The number of hydrogen-bond acceptors (Lipinski definition) is 3. The first kappa shape index (κ1) is 13.9. The number of amides is 1. The molecule has 2 rings (SSSR count). The Balaban J connectivity index is 2.53. The fourth-order valence-electron chi connectivity index (χ4n) is 2.64. The van der Waals surface area contributed by atoms with Crippen LogP contribution in [0.1, 0.15) is 24.5 Å². The molecule has 1 N–H and O–H groups in total. The van der Waals surface area contributed by atoms with Gasteiger partial charge in [0.05, 0.1) is 7.11 Å². The van der Waals surface area contributed by atoms with Crippen molar-refractivity contribution in [1.29, 1.82) is 0 Å². The fourth-order valence-corrected chi connectivity index (χ4v) is 2.64. The SMILES string of the molecule is COc1ccc(C)cc1C1(C)NCCCN(C)C1=O. The zero-order chi connectivity index (χ0) is 14.0. The van der Waals surface area contributed by atoms with Gasteiger partial charge in [0.1, 0.15) is 11.3 Å². The molecule has 1 saturated heterocycles. The molecule has 0 saturated carbocycles. The van der Waals surface area contributed by atoms with E-state index in [0.717, 1.165) is 36.4 Å². The summed E-state index contributed by atoms with van der Waals surface area (Å²) in [7, 11) is 3.50. The lowest BCUT2D eigenvalue weighted by molar-refractivity contribution is -0.135. The third-order valence-electron chi connectivity index (χ3n) is 3.82. The normalized spacial score (nSPS) is 24.2. The predicted octanol–water partition coefficient (Wildman–Crippen LogP) is 1.67. The van der Waals surface area contributed by atoms with E-state index in [9.17, 15) is 4.79 Å². The van der Waals surface area contributed by atoms with E-state index < -0.39 is 5.54 Å². The van der Waals surface area contributed by atoms with E-state index in [-0.39, 0.29) is 5.91 Å². The van der Waals surface area contributed by atoms with Crippen molar-refractivity contribution in [2.24, 2.45) is 0 Å². The molecule has 19 heavy (non-hydrogen) atoms. The summed E-state index contributed by atoms with van der Waals surface area (Å²) in [4.78, 5) is 14.4. The van der Waals surface area contributed by atoms with Gasteiger partial charge in [0.25, 0.3) is 0 Å². The predicted molar refractivity (Wildman–Crippen MR) is 75.3 cm³/mol. The van der Waals surface area contributed by atoms with Crippen molar-refractivity contribution in [1.82, 2.24) is 10.2 Å². The molecule has 1 heterocycles. The second-order valence-electron chi connectivity index (χ2n) is 5.34. The summed E-state index contributed by atoms with van der Waals surface area (Å²) in [6.45, 7) is 5.57. The maximum Gasteiger partial charge on any atom is 0.247 e. The minimum atomic E-state index is -0.720. The minimum absolute atomic E-state index is 0.0916. The second kappa shape index (κ2) is 5.21. The first-order valence-electron chi connectivity index (χ1n) is 6.65. The summed E-state index contributed by atoms with van der Waals surface area (Å²) in [6.07, 6.45) is 0.964. The zero-order valence-corrected chi connectivity index (χ0v) is 12.1. The van der Waals surface area contributed by atoms with E-state index in [0.29, 0.717) is 0 Å². The second-order valence-corrected chi connectivity index (χ2v) is 5.34. The summed E-state index contributed by atoms with van der Waals surface area (Å²) in [6, 6.07) is 5.95. The molecule has 1 atom stereocenters. The molecule has 1 unspecified atom stereocenters. The Kier molecular flexibility index (Phi) is 3.80. The van der Waals surface area contributed by atoms with Gasteiger partial charge in [-0.25, -0.2) is 0 Å². The van der Waals surface area contributed by atoms with Gasteiger partial charge in [-0.05, 0) is 38.9 Å². The Bertz CT molecular complexity index is 487. The van der Waals surface area contributed by atoms with Gasteiger partial charge in [0, 0.05) is 19.2 Å². The van der Waals surface area contributed by atoms with Crippen LogP contribution in [0.5, 0.6) is 5.75 Å². The van der Waals surface area contributed by atoms with Crippen LogP contribution in [0.2, 0.25) is 0 Å². The number of nitrogens with one attached hydrogen (secondary N) is 1. The van der Waals surface area contributed by atoms with Gasteiger partial charge in [-0.15, -0.1) is 0 Å². The Morgan fingerprint density at radius 2 is 2.16 bits per heavy atom. The number of methoxy groups -OCH3 is 1. The molecule has 104 valence electrons. The van der Waals surface area contributed by atoms with Crippen molar-refractivity contribution in [3.63, 3.8) is 0 Å². The maximum atomic E-state index is 12.7. The molecule has 1 aromatic carbocycles. The molecule has 1 aliphatic heterocycles. The highest BCUT2D eigenvalue weighted by Crippen LogP contribution is 2.33. The number of nitrogens with zero attached hydrogens (tertiary/aromatic N) is 1. The van der Waals surface area contributed by atoms with Crippen LogP contribution in [0, 0.1) is 6.92 Å². The number of hydrogen-bond donors (Lipinski definition) is 1. The summed E-state index contributed by atoms with van der Waals surface area (Å²) < 4.78 is 5.43. The van der Waals surface area contributed by atoms with Crippen molar-refractivity contribution in [2.75, 3.05) is 27.2 Å². The number of carbonyl (C=O) groups excluding carboxylic acids is 1. The molecular formula is C15H22N2O2. The van der Waals surface area contributed by atoms with Gasteiger partial charge >= 0.3 is 0 Å². The van der Waals surface area contributed by atoms with Crippen molar-refractivity contribution < 1.29 is 9.53 Å². The van der Waals surface area contributed by atoms with Gasteiger partial charge in [-0.3, -0.25) is 10.1 Å². The van der Waals surface area contributed by atoms with E-state index in [1.165, 1.54) is 0 Å². The smallest absolute Gasteiger partial charge is 0.247 e. The average Bonchev–Trinajstić information content (AvgIpc) is 2.53. The van der Waals surface area contributed by atoms with Crippen LogP contribution in [0.3, 0.4) is 0 Å². The first-order chi connectivity index (χ1) is 8.99. The molecule has 0 aromatic heterocycles. The molecule has 1 aromatic rings. The lowest BCUT2D eigenvalue weighted by Crippen LogP contribution is -2.50. The molecule has 1 aliphatic rings. The van der Waals surface area contributed by atoms with Crippen molar-refractivity contribution in [3.05, 3.63) is 29.3 Å². The number of carbonyl (C=O) groups is 1. The average molecular weight is 262 g/mol. The summed E-state index contributed by atoms with van der Waals surface area (Å²) in [5, 5.41) is 3.39. The Morgan fingerprint density at radius 1 is 1.42 bits per heavy atom. The van der Waals surface area contributed by atoms with Gasteiger partial charge < -0.3 is 9.64 Å².